The van der Waals surface area contributed by atoms with Gasteiger partial charge in [-0.15, -0.1) is 0 Å². The average Bonchev–Trinajstić information content (AvgIpc) is 2.23. The summed E-state index contributed by atoms with van der Waals surface area (Å²) < 4.78 is 29.1. The number of hydrogen-bond acceptors (Lipinski definition) is 8. The summed E-state index contributed by atoms with van der Waals surface area (Å²) in [5.41, 5.74) is -1.41. The van der Waals surface area contributed by atoms with Crippen LogP contribution >= 0.6 is 7.82 Å². The van der Waals surface area contributed by atoms with Crippen molar-refractivity contribution in [1.82, 2.24) is 0 Å². The molecule has 2 unspecified atom stereocenters. The number of esters is 2. The average molecular weight is 283 g/mol. The molecular weight excluding hydrogens is 267 g/mol. The summed E-state index contributed by atoms with van der Waals surface area (Å²) in [7, 11) is -3.51. The molecule has 0 heterocycles. The summed E-state index contributed by atoms with van der Waals surface area (Å²) in [4.78, 5) is 32.6. The maximum absolute atomic E-state index is 11.0. The first kappa shape index (κ1) is 17.1. The van der Waals surface area contributed by atoms with E-state index in [-0.39, 0.29) is 6.61 Å². The summed E-state index contributed by atoms with van der Waals surface area (Å²) in [6.45, 7) is 2.83. The molecule has 2 atom stereocenters. The van der Waals surface area contributed by atoms with Crippen LogP contribution in [0.15, 0.2) is 0 Å². The van der Waals surface area contributed by atoms with E-state index >= 15 is 0 Å². The Morgan fingerprint density at radius 3 is 2.17 bits per heavy atom. The van der Waals surface area contributed by atoms with Gasteiger partial charge in [-0.25, -0.2) is 0 Å². The number of rotatable bonds is 7. The first-order valence-corrected chi connectivity index (χ1v) is 6.40. The number of phosphoric ester groups is 1. The molecule has 0 aliphatic rings. The van der Waals surface area contributed by atoms with Gasteiger partial charge in [-0.05, 0) is 6.92 Å². The molecule has 0 rings (SSSR count). The summed E-state index contributed by atoms with van der Waals surface area (Å²) in [5, 5.41) is 0. The van der Waals surface area contributed by atoms with E-state index in [1.165, 1.54) is 13.8 Å². The Kier molecular flexibility index (Phi) is 6.48. The van der Waals surface area contributed by atoms with Crippen LogP contribution in [0.5, 0.6) is 0 Å². The van der Waals surface area contributed by atoms with E-state index in [1.807, 2.05) is 0 Å². The van der Waals surface area contributed by atoms with Gasteiger partial charge in [-0.1, -0.05) is 0 Å². The zero-order valence-corrected chi connectivity index (χ0v) is 11.5. The van der Waals surface area contributed by atoms with Crippen molar-refractivity contribution in [3.05, 3.63) is 0 Å². The van der Waals surface area contributed by atoms with E-state index in [9.17, 15) is 19.0 Å². The number of phosphoric acid groups is 1. The van der Waals surface area contributed by atoms with Crippen molar-refractivity contribution in [3.63, 3.8) is 0 Å². The number of ether oxygens (including phenoxy) is 2. The van der Waals surface area contributed by atoms with Gasteiger partial charge in [-0.2, -0.15) is 0 Å². The van der Waals surface area contributed by atoms with Gasteiger partial charge in [0.25, 0.3) is 7.82 Å². The van der Waals surface area contributed by atoms with Crippen molar-refractivity contribution in [2.75, 3.05) is 20.3 Å². The van der Waals surface area contributed by atoms with Crippen LogP contribution in [0.25, 0.3) is 0 Å². The first-order valence-electron chi connectivity index (χ1n) is 4.94. The SMILES string of the molecule is COP(=O)([O-])OCC(C)(COC(C)=O)OC(C)=O. The van der Waals surface area contributed by atoms with Crippen LogP contribution in [0.4, 0.5) is 0 Å². The Hall–Kier alpha value is -0.950. The van der Waals surface area contributed by atoms with Gasteiger partial charge in [0.2, 0.25) is 0 Å². The minimum absolute atomic E-state index is 0.328. The minimum atomic E-state index is -4.44. The van der Waals surface area contributed by atoms with Gasteiger partial charge in [0.1, 0.15) is 6.61 Å². The molecule has 0 aromatic rings. The molecule has 0 radical (unpaired) electrons. The molecule has 0 N–H and O–H groups in total. The first-order chi connectivity index (χ1) is 8.10. The zero-order valence-electron chi connectivity index (χ0n) is 10.6. The Balaban J connectivity index is 4.60. The second-order valence-corrected chi connectivity index (χ2v) is 5.24. The Labute approximate surface area is 105 Å². The Morgan fingerprint density at radius 1 is 1.22 bits per heavy atom. The minimum Gasteiger partial charge on any atom is -0.756 e. The van der Waals surface area contributed by atoms with Crippen molar-refractivity contribution in [1.29, 1.82) is 0 Å². The lowest BCUT2D eigenvalue weighted by Gasteiger charge is -2.31. The van der Waals surface area contributed by atoms with E-state index < -0.39 is 32.0 Å². The van der Waals surface area contributed by atoms with E-state index in [4.69, 9.17) is 4.74 Å². The normalized spacial score (nSPS) is 17.4. The van der Waals surface area contributed by atoms with Crippen LogP contribution in [0.3, 0.4) is 0 Å². The smallest absolute Gasteiger partial charge is 0.303 e. The maximum Gasteiger partial charge on any atom is 0.303 e. The Morgan fingerprint density at radius 2 is 1.78 bits per heavy atom. The van der Waals surface area contributed by atoms with Crippen molar-refractivity contribution in [2.45, 2.75) is 26.4 Å². The molecule has 0 aromatic heterocycles. The molecule has 0 spiro atoms. The molecular formula is C9H16O8P-. The lowest BCUT2D eigenvalue weighted by atomic mass is 10.1. The molecule has 0 aromatic carbocycles. The fourth-order valence-corrected chi connectivity index (χ4v) is 1.51. The van der Waals surface area contributed by atoms with Crippen LogP contribution in [0.1, 0.15) is 20.8 Å². The maximum atomic E-state index is 11.0. The lowest BCUT2D eigenvalue weighted by molar-refractivity contribution is -0.229. The highest BCUT2D eigenvalue weighted by Gasteiger charge is 2.31. The fraction of sp³-hybridized carbons (Fsp3) is 0.778. The molecule has 0 saturated carbocycles. The third-order valence-electron chi connectivity index (χ3n) is 1.72. The second kappa shape index (κ2) is 6.84. The molecule has 9 heteroatoms. The quantitative estimate of drug-likeness (QED) is 0.474. The number of carbonyl (C=O) groups excluding carboxylic acids is 2. The van der Waals surface area contributed by atoms with Gasteiger partial charge < -0.3 is 23.4 Å². The van der Waals surface area contributed by atoms with Gasteiger partial charge in [0.05, 0.1) is 6.61 Å². The highest BCUT2D eigenvalue weighted by Crippen LogP contribution is 2.38. The van der Waals surface area contributed by atoms with Crippen LogP contribution < -0.4 is 4.89 Å². The van der Waals surface area contributed by atoms with Crippen molar-refractivity contribution < 1.29 is 37.6 Å². The molecule has 0 fully saturated rings. The predicted molar refractivity (Wildman–Crippen MR) is 57.4 cm³/mol. The van der Waals surface area contributed by atoms with Gasteiger partial charge in [0.15, 0.2) is 5.60 Å². The third-order valence-corrected chi connectivity index (χ3v) is 2.62. The zero-order chi connectivity index (χ0) is 14.4. The number of hydrogen-bond donors (Lipinski definition) is 0. The molecule has 18 heavy (non-hydrogen) atoms. The van der Waals surface area contributed by atoms with E-state index in [1.54, 1.807) is 0 Å². The monoisotopic (exact) mass is 283 g/mol. The van der Waals surface area contributed by atoms with E-state index in [0.29, 0.717) is 0 Å². The van der Waals surface area contributed by atoms with Gasteiger partial charge in [0, 0.05) is 21.0 Å². The van der Waals surface area contributed by atoms with Crippen molar-refractivity contribution >= 4 is 19.8 Å². The van der Waals surface area contributed by atoms with Crippen molar-refractivity contribution in [3.8, 4) is 0 Å². The van der Waals surface area contributed by atoms with Crippen LogP contribution in [-0.4, -0.2) is 37.9 Å². The largest absolute Gasteiger partial charge is 0.756 e. The summed E-state index contributed by atoms with van der Waals surface area (Å²) in [6.07, 6.45) is 0. The number of carbonyl (C=O) groups is 2. The predicted octanol–water partition coefficient (Wildman–Crippen LogP) is 0.00270. The molecule has 0 saturated heterocycles. The lowest BCUT2D eigenvalue weighted by Crippen LogP contribution is -2.41. The fourth-order valence-electron chi connectivity index (χ4n) is 0.970. The van der Waals surface area contributed by atoms with E-state index in [2.05, 4.69) is 13.8 Å². The summed E-state index contributed by atoms with van der Waals surface area (Å²) in [6, 6.07) is 0. The topological polar surface area (TPSA) is 111 Å². The van der Waals surface area contributed by atoms with Crippen LogP contribution in [-0.2, 0) is 32.7 Å². The van der Waals surface area contributed by atoms with E-state index in [0.717, 1.165) is 14.0 Å². The molecule has 0 aliphatic carbocycles. The molecule has 106 valence electrons. The van der Waals surface area contributed by atoms with Gasteiger partial charge in [-0.3, -0.25) is 14.2 Å². The van der Waals surface area contributed by atoms with Crippen LogP contribution in [0, 0.1) is 0 Å². The molecule has 0 aliphatic heterocycles. The summed E-state index contributed by atoms with van der Waals surface area (Å²) >= 11 is 0. The Bertz CT molecular complexity index is 354. The molecule has 0 amide bonds. The highest BCUT2D eigenvalue weighted by molar-refractivity contribution is 7.45. The molecule has 0 bridgehead atoms. The van der Waals surface area contributed by atoms with Crippen LogP contribution in [0.2, 0.25) is 0 Å². The molecule has 8 nitrogen and oxygen atoms in total. The summed E-state index contributed by atoms with van der Waals surface area (Å²) in [5.74, 6) is -1.25. The van der Waals surface area contributed by atoms with Gasteiger partial charge >= 0.3 is 11.9 Å². The van der Waals surface area contributed by atoms with Crippen molar-refractivity contribution in [2.24, 2.45) is 0 Å². The highest BCUT2D eigenvalue weighted by atomic mass is 31.2. The standard InChI is InChI=1S/C9H17O8P/c1-7(10)15-5-9(3,17-8(2)11)6-16-18(12,13)14-4/h5-6H2,1-4H3,(H,12,13)/p-1. The second-order valence-electron chi connectivity index (χ2n) is 3.73. The third kappa shape index (κ3) is 7.39.